The van der Waals surface area contributed by atoms with Crippen molar-refractivity contribution in [2.75, 3.05) is 23.4 Å². The molecule has 288 valence electrons. The zero-order chi connectivity index (χ0) is 37.3. The molecule has 0 amide bonds. The van der Waals surface area contributed by atoms with Gasteiger partial charge in [0.2, 0.25) is 6.79 Å². The topological polar surface area (TPSA) is 205 Å². The quantitative estimate of drug-likeness (QED) is 0.0426. The summed E-state index contributed by atoms with van der Waals surface area (Å²) in [5.41, 5.74) is -0.290. The number of hydrogen-bond acceptors (Lipinski definition) is 13. The molecule has 3 aliphatic rings. The van der Waals surface area contributed by atoms with Gasteiger partial charge in [0.15, 0.2) is 38.9 Å². The first-order valence-corrected chi connectivity index (χ1v) is 22.1. The van der Waals surface area contributed by atoms with E-state index in [1.807, 2.05) is 0 Å². The fourth-order valence-corrected chi connectivity index (χ4v) is 11.0. The van der Waals surface area contributed by atoms with Crippen LogP contribution in [0, 0.1) is 11.3 Å². The van der Waals surface area contributed by atoms with E-state index in [0.717, 1.165) is 44.9 Å². The van der Waals surface area contributed by atoms with Crippen LogP contribution in [0.25, 0.3) is 11.0 Å². The summed E-state index contributed by atoms with van der Waals surface area (Å²) < 4.78 is 67.0. The maximum atomic E-state index is 13.2. The maximum Gasteiger partial charge on any atom is 0.509 e. The molecule has 15 nitrogen and oxygen atoms in total. The molecule has 1 unspecified atom stereocenters. The van der Waals surface area contributed by atoms with Gasteiger partial charge in [0.1, 0.15) is 23.4 Å². The molecular weight excluding hydrogens is 739 g/mol. The minimum absolute atomic E-state index is 0.0491. The monoisotopic (exact) mass is 786 g/mol. The third-order valence-electron chi connectivity index (χ3n) is 9.64. The summed E-state index contributed by atoms with van der Waals surface area (Å²) in [5.74, 6) is -1.42. The zero-order valence-electron chi connectivity index (χ0n) is 29.4. The van der Waals surface area contributed by atoms with E-state index < -0.39 is 72.1 Å². The number of sulfone groups is 1. The van der Waals surface area contributed by atoms with E-state index in [2.05, 4.69) is 23.3 Å². The number of fused-ring (bicyclic) bond motifs is 2. The Labute approximate surface area is 309 Å². The molecule has 18 heteroatoms. The van der Waals surface area contributed by atoms with Crippen LogP contribution in [-0.2, 0) is 42.7 Å². The first-order valence-electron chi connectivity index (χ1n) is 18.1. The number of halogens is 1. The van der Waals surface area contributed by atoms with Crippen molar-refractivity contribution in [3.63, 3.8) is 0 Å². The van der Waals surface area contributed by atoms with Crippen molar-refractivity contribution in [1.82, 2.24) is 9.55 Å². The highest BCUT2D eigenvalue weighted by Gasteiger charge is 2.56. The summed E-state index contributed by atoms with van der Waals surface area (Å²) in [6.45, 7) is 1.31. The van der Waals surface area contributed by atoms with Crippen LogP contribution in [0.5, 0.6) is 0 Å². The summed E-state index contributed by atoms with van der Waals surface area (Å²) in [5, 5.41) is 13.8. The van der Waals surface area contributed by atoms with E-state index in [0.29, 0.717) is 23.1 Å². The molecule has 5 rings (SSSR count). The van der Waals surface area contributed by atoms with Gasteiger partial charge in [-0.15, -0.1) is 0 Å². The van der Waals surface area contributed by atoms with Crippen LogP contribution in [0.1, 0.15) is 115 Å². The Kier molecular flexibility index (Phi) is 14.2. The molecule has 0 bridgehead atoms. The molecule has 0 aromatic carbocycles. The van der Waals surface area contributed by atoms with E-state index in [1.165, 1.54) is 43.1 Å². The molecule has 5 atom stereocenters. The van der Waals surface area contributed by atoms with E-state index in [9.17, 15) is 32.7 Å². The molecule has 1 aliphatic carbocycles. The van der Waals surface area contributed by atoms with Crippen LogP contribution < -0.4 is 5.32 Å². The summed E-state index contributed by atoms with van der Waals surface area (Å²) >= 11 is 6.45. The SMILES string of the molecule is CCCCCCCCCCCCC(=O)OCOP(=O)(O)CS(=O)(=O)C[C@H]1O[C@@H](n2ccc3c(NC4CCCC4)c(C#N)c(Cl)nc32)[C@@H]2OC(=O)O[C@@H]21. The molecule has 0 radical (unpaired) electrons. The zero-order valence-corrected chi connectivity index (χ0v) is 31.8. The second kappa shape index (κ2) is 18.4. The lowest BCUT2D eigenvalue weighted by Crippen LogP contribution is -2.34. The fourth-order valence-electron chi connectivity index (χ4n) is 7.05. The number of carbonyl (C=O) groups is 2. The Bertz CT molecular complexity index is 1760. The summed E-state index contributed by atoms with van der Waals surface area (Å²) in [7, 11) is -9.15. The van der Waals surface area contributed by atoms with E-state index in [-0.39, 0.29) is 23.2 Å². The van der Waals surface area contributed by atoms with Crippen molar-refractivity contribution in [3.8, 4) is 6.07 Å². The van der Waals surface area contributed by atoms with Crippen LogP contribution in [0.3, 0.4) is 0 Å². The first kappa shape index (κ1) is 40.3. The molecule has 3 fully saturated rings. The predicted molar refractivity (Wildman–Crippen MR) is 191 cm³/mol. The van der Waals surface area contributed by atoms with Crippen LogP contribution in [-0.4, -0.2) is 77.4 Å². The Morgan fingerprint density at radius 3 is 2.44 bits per heavy atom. The summed E-state index contributed by atoms with van der Waals surface area (Å²) in [4.78, 5) is 39.0. The van der Waals surface area contributed by atoms with Crippen molar-refractivity contribution >= 4 is 57.9 Å². The van der Waals surface area contributed by atoms with Gasteiger partial charge in [-0.1, -0.05) is 89.2 Å². The Morgan fingerprint density at radius 1 is 1.12 bits per heavy atom. The molecule has 2 aromatic heterocycles. The lowest BCUT2D eigenvalue weighted by atomic mass is 10.1. The molecule has 52 heavy (non-hydrogen) atoms. The molecule has 2 aromatic rings. The summed E-state index contributed by atoms with van der Waals surface area (Å²) in [6.07, 6.45) is 11.0. The highest BCUT2D eigenvalue weighted by molar-refractivity contribution is 7.97. The van der Waals surface area contributed by atoms with Gasteiger partial charge in [-0.05, 0) is 25.3 Å². The lowest BCUT2D eigenvalue weighted by Gasteiger charge is -2.20. The molecular formula is C34H48ClN4O11PS. The third kappa shape index (κ3) is 10.6. The predicted octanol–water partition coefficient (Wildman–Crippen LogP) is 7.10. The number of nitrogens with one attached hydrogen (secondary N) is 1. The average molecular weight is 787 g/mol. The van der Waals surface area contributed by atoms with Crippen molar-refractivity contribution < 1.29 is 50.9 Å². The van der Waals surface area contributed by atoms with Gasteiger partial charge < -0.3 is 33.7 Å². The summed E-state index contributed by atoms with van der Waals surface area (Å²) in [6, 6.07) is 3.97. The van der Waals surface area contributed by atoms with Gasteiger partial charge in [0.25, 0.3) is 0 Å². The fraction of sp³-hybridized carbons (Fsp3) is 0.706. The number of nitriles is 1. The van der Waals surface area contributed by atoms with Gasteiger partial charge in [0.05, 0.1) is 11.4 Å². The third-order valence-corrected chi connectivity index (χ3v) is 14.1. The number of unbranched alkanes of at least 4 members (excludes halogenated alkanes) is 9. The smallest absolute Gasteiger partial charge is 0.438 e. The Hall–Kier alpha value is -2.93. The highest BCUT2D eigenvalue weighted by Crippen LogP contribution is 2.46. The van der Waals surface area contributed by atoms with Gasteiger partial charge in [-0.25, -0.2) is 18.2 Å². The van der Waals surface area contributed by atoms with Gasteiger partial charge in [-0.2, -0.15) is 5.26 Å². The van der Waals surface area contributed by atoms with E-state index in [4.69, 9.17) is 35.1 Å². The lowest BCUT2D eigenvalue weighted by molar-refractivity contribution is -0.150. The number of rotatable bonds is 21. The van der Waals surface area contributed by atoms with Crippen molar-refractivity contribution in [2.24, 2.45) is 0 Å². The number of nitrogens with zero attached hydrogens (tertiary/aromatic N) is 3. The minimum atomic E-state index is -4.77. The molecule has 2 saturated heterocycles. The Balaban J connectivity index is 1.14. The minimum Gasteiger partial charge on any atom is -0.438 e. The van der Waals surface area contributed by atoms with Crippen LogP contribution in [0.4, 0.5) is 10.5 Å². The second-order valence-corrected chi connectivity index (χ2v) is 18.4. The molecule has 0 spiro atoms. The average Bonchev–Trinajstić information content (AvgIpc) is 3.88. The second-order valence-electron chi connectivity index (χ2n) is 13.7. The van der Waals surface area contributed by atoms with E-state index >= 15 is 0 Å². The largest absolute Gasteiger partial charge is 0.509 e. The number of carbonyl (C=O) groups excluding carboxylic acids is 2. The molecule has 2 aliphatic heterocycles. The van der Waals surface area contributed by atoms with Gasteiger partial charge >= 0.3 is 19.7 Å². The molecule has 1 saturated carbocycles. The number of esters is 1. The van der Waals surface area contributed by atoms with Crippen molar-refractivity contribution in [2.45, 2.75) is 134 Å². The molecule has 4 heterocycles. The number of pyridine rings is 1. The van der Waals surface area contributed by atoms with E-state index in [1.54, 1.807) is 12.3 Å². The normalized spacial score (nSPS) is 22.8. The van der Waals surface area contributed by atoms with Crippen LogP contribution in [0.15, 0.2) is 12.3 Å². The standard InChI is InChI=1S/C34H48ClN4O11PS/c1-2-3-4-5-6-7-8-9-10-11-16-27(40)46-21-47-51(42,43)22-52(44,45)20-26-29-30(50-34(41)49-29)33(48-26)39-18-17-24-28(37-23-14-12-13-15-23)25(19-36)31(35)38-32(24)39/h17-18,23,26,29-30,33H,2-16,20-22H2,1H3,(H,37,38)(H,42,43)/t26-,29-,30-,33-/m1/s1. The highest BCUT2D eigenvalue weighted by atomic mass is 35.5. The van der Waals surface area contributed by atoms with Crippen molar-refractivity contribution in [3.05, 3.63) is 23.0 Å². The van der Waals surface area contributed by atoms with Crippen LogP contribution >= 0.6 is 19.2 Å². The first-order chi connectivity index (χ1) is 24.9. The number of anilines is 1. The number of hydrogen-bond donors (Lipinski definition) is 2. The van der Waals surface area contributed by atoms with Crippen LogP contribution in [0.2, 0.25) is 5.15 Å². The number of ether oxygens (including phenoxy) is 4. The van der Waals surface area contributed by atoms with Gasteiger partial charge in [-0.3, -0.25) is 13.9 Å². The Morgan fingerprint density at radius 2 is 1.77 bits per heavy atom. The van der Waals surface area contributed by atoms with Crippen molar-refractivity contribution in [1.29, 1.82) is 5.26 Å². The van der Waals surface area contributed by atoms with Gasteiger partial charge in [0, 0.05) is 24.0 Å². The number of aromatic nitrogens is 2. The molecule has 2 N–H and O–H groups in total. The maximum absolute atomic E-state index is 13.2.